The van der Waals surface area contributed by atoms with Gasteiger partial charge in [0.25, 0.3) is 0 Å². The fourth-order valence-electron chi connectivity index (χ4n) is 2.19. The lowest BCUT2D eigenvalue weighted by atomic mass is 10.0. The van der Waals surface area contributed by atoms with Crippen molar-refractivity contribution in [1.29, 1.82) is 0 Å². The summed E-state index contributed by atoms with van der Waals surface area (Å²) in [5.41, 5.74) is 6.57. The molecule has 5 heteroatoms. The van der Waals surface area contributed by atoms with Crippen molar-refractivity contribution in [3.05, 3.63) is 24.0 Å². The first kappa shape index (κ1) is 13.8. The van der Waals surface area contributed by atoms with Gasteiger partial charge in [-0.15, -0.1) is 0 Å². The second kappa shape index (κ2) is 5.19. The van der Waals surface area contributed by atoms with E-state index in [1.165, 1.54) is 0 Å². The van der Waals surface area contributed by atoms with Crippen LogP contribution in [-0.2, 0) is 13.0 Å². The van der Waals surface area contributed by atoms with Crippen LogP contribution < -0.4 is 10.5 Å². The Kier molecular flexibility index (Phi) is 3.78. The van der Waals surface area contributed by atoms with Crippen LogP contribution in [0, 0.1) is 0 Å². The van der Waals surface area contributed by atoms with Crippen molar-refractivity contribution in [1.82, 2.24) is 9.55 Å². The first-order valence-corrected chi connectivity index (χ1v) is 6.46. The number of hydrogen-bond acceptors (Lipinski definition) is 4. The van der Waals surface area contributed by atoms with Crippen molar-refractivity contribution in [3.63, 3.8) is 0 Å². The Hall–Kier alpha value is -1.59. The van der Waals surface area contributed by atoms with Crippen LogP contribution in [0.2, 0.25) is 0 Å². The predicted octanol–water partition coefficient (Wildman–Crippen LogP) is 1.32. The van der Waals surface area contributed by atoms with Gasteiger partial charge in [0.15, 0.2) is 0 Å². The minimum atomic E-state index is -0.932. The third kappa shape index (κ3) is 2.72. The largest absolute Gasteiger partial charge is 0.497 e. The van der Waals surface area contributed by atoms with Crippen molar-refractivity contribution in [2.45, 2.75) is 32.4 Å². The molecule has 1 heterocycles. The number of benzene rings is 1. The molecule has 0 amide bonds. The van der Waals surface area contributed by atoms with Crippen LogP contribution in [0.1, 0.15) is 19.7 Å². The second-order valence-electron chi connectivity index (χ2n) is 5.00. The van der Waals surface area contributed by atoms with Crippen molar-refractivity contribution < 1.29 is 9.84 Å². The van der Waals surface area contributed by atoms with Crippen LogP contribution in [-0.4, -0.2) is 33.9 Å². The molecule has 3 N–H and O–H groups in total. The van der Waals surface area contributed by atoms with E-state index in [1.807, 2.05) is 18.2 Å². The number of nitrogens with two attached hydrogens (primary N) is 1. The van der Waals surface area contributed by atoms with Gasteiger partial charge in [-0.1, -0.05) is 0 Å². The first-order chi connectivity index (χ1) is 9.00. The number of aromatic nitrogens is 2. The van der Waals surface area contributed by atoms with Crippen molar-refractivity contribution in [2.24, 2.45) is 5.73 Å². The number of fused-ring (bicyclic) bond motifs is 1. The number of nitrogens with zero attached hydrogens (tertiary/aromatic N) is 2. The van der Waals surface area contributed by atoms with Gasteiger partial charge < -0.3 is 20.1 Å². The molecule has 1 aromatic carbocycles. The topological polar surface area (TPSA) is 73.3 Å². The van der Waals surface area contributed by atoms with Gasteiger partial charge in [-0.25, -0.2) is 4.98 Å². The number of methoxy groups -OCH3 is 1. The molecule has 0 saturated heterocycles. The number of ether oxygens (including phenoxy) is 1. The van der Waals surface area contributed by atoms with Crippen LogP contribution in [0.3, 0.4) is 0 Å². The van der Waals surface area contributed by atoms with Crippen molar-refractivity contribution in [2.75, 3.05) is 13.7 Å². The highest BCUT2D eigenvalue weighted by Crippen LogP contribution is 2.23. The number of hydrogen-bond donors (Lipinski definition) is 2. The summed E-state index contributed by atoms with van der Waals surface area (Å²) in [6.07, 6.45) is 0.439. The first-order valence-electron chi connectivity index (χ1n) is 6.46. The summed E-state index contributed by atoms with van der Waals surface area (Å²) in [7, 11) is 1.64. The van der Waals surface area contributed by atoms with Crippen LogP contribution in [0.15, 0.2) is 18.2 Å². The van der Waals surface area contributed by atoms with E-state index in [9.17, 15) is 5.11 Å². The zero-order valence-electron chi connectivity index (χ0n) is 11.7. The maximum Gasteiger partial charge on any atom is 0.121 e. The van der Waals surface area contributed by atoms with Crippen LogP contribution in [0.25, 0.3) is 11.0 Å². The van der Waals surface area contributed by atoms with Gasteiger partial charge in [0.1, 0.15) is 11.6 Å². The van der Waals surface area contributed by atoms with Gasteiger partial charge in [-0.05, 0) is 26.0 Å². The normalized spacial score (nSPS) is 14.6. The Bertz CT molecular complexity index is 575. The van der Waals surface area contributed by atoms with E-state index >= 15 is 0 Å². The maximum absolute atomic E-state index is 10.1. The zero-order chi connectivity index (χ0) is 14.0. The Morgan fingerprint density at radius 2 is 2.21 bits per heavy atom. The summed E-state index contributed by atoms with van der Waals surface area (Å²) >= 11 is 0. The highest BCUT2D eigenvalue weighted by molar-refractivity contribution is 5.77. The zero-order valence-corrected chi connectivity index (χ0v) is 11.7. The van der Waals surface area contributed by atoms with Gasteiger partial charge in [0, 0.05) is 25.6 Å². The Labute approximate surface area is 113 Å². The number of rotatable bonds is 5. The SMILES string of the molecule is CCn1c(CC(C)(O)CN)nc2cc(OC)ccc21. The van der Waals surface area contributed by atoms with E-state index in [2.05, 4.69) is 16.5 Å². The average Bonchev–Trinajstić information content (AvgIpc) is 2.73. The molecule has 1 aromatic heterocycles. The van der Waals surface area contributed by atoms with E-state index in [0.717, 1.165) is 29.2 Å². The van der Waals surface area contributed by atoms with Crippen molar-refractivity contribution >= 4 is 11.0 Å². The van der Waals surface area contributed by atoms with Gasteiger partial charge in [-0.2, -0.15) is 0 Å². The molecule has 2 aromatic rings. The summed E-state index contributed by atoms with van der Waals surface area (Å²) in [5, 5.41) is 10.1. The molecular formula is C14H21N3O2. The standard InChI is InChI=1S/C14H21N3O2/c1-4-17-12-6-5-10(19-3)7-11(12)16-13(17)8-14(2,18)9-15/h5-7,18H,4,8-9,15H2,1-3H3. The molecular weight excluding hydrogens is 242 g/mol. The molecule has 2 rings (SSSR count). The summed E-state index contributed by atoms with van der Waals surface area (Å²) in [6, 6.07) is 5.81. The third-order valence-electron chi connectivity index (χ3n) is 3.33. The lowest BCUT2D eigenvalue weighted by molar-refractivity contribution is 0.0668. The monoisotopic (exact) mass is 263 g/mol. The molecule has 1 atom stereocenters. The van der Waals surface area contributed by atoms with E-state index in [0.29, 0.717) is 6.42 Å². The summed E-state index contributed by atoms with van der Waals surface area (Å²) in [6.45, 7) is 4.81. The molecule has 0 aliphatic rings. The Morgan fingerprint density at radius 1 is 1.47 bits per heavy atom. The molecule has 0 bridgehead atoms. The van der Waals surface area contributed by atoms with E-state index in [1.54, 1.807) is 14.0 Å². The highest BCUT2D eigenvalue weighted by Gasteiger charge is 2.22. The van der Waals surface area contributed by atoms with Gasteiger partial charge in [0.2, 0.25) is 0 Å². The lowest BCUT2D eigenvalue weighted by Gasteiger charge is -2.20. The van der Waals surface area contributed by atoms with Crippen LogP contribution in [0.5, 0.6) is 5.75 Å². The van der Waals surface area contributed by atoms with Crippen molar-refractivity contribution in [3.8, 4) is 5.75 Å². The molecule has 0 radical (unpaired) electrons. The summed E-state index contributed by atoms with van der Waals surface area (Å²) in [5.74, 6) is 1.63. The molecule has 0 fully saturated rings. The quantitative estimate of drug-likeness (QED) is 0.853. The van der Waals surface area contributed by atoms with Gasteiger partial charge >= 0.3 is 0 Å². The van der Waals surface area contributed by atoms with Gasteiger partial charge in [-0.3, -0.25) is 0 Å². The molecule has 0 aliphatic heterocycles. The Balaban J connectivity index is 2.49. The number of aliphatic hydroxyl groups is 1. The molecule has 1 unspecified atom stereocenters. The molecule has 19 heavy (non-hydrogen) atoms. The second-order valence-corrected chi connectivity index (χ2v) is 5.00. The minimum Gasteiger partial charge on any atom is -0.497 e. The lowest BCUT2D eigenvalue weighted by Crippen LogP contribution is -2.37. The van der Waals surface area contributed by atoms with Crippen LogP contribution in [0.4, 0.5) is 0 Å². The van der Waals surface area contributed by atoms with E-state index < -0.39 is 5.60 Å². The summed E-state index contributed by atoms with van der Waals surface area (Å²) < 4.78 is 7.30. The fraction of sp³-hybridized carbons (Fsp3) is 0.500. The minimum absolute atomic E-state index is 0.212. The molecule has 0 spiro atoms. The third-order valence-corrected chi connectivity index (χ3v) is 3.33. The summed E-state index contributed by atoms with van der Waals surface area (Å²) in [4.78, 5) is 4.59. The fourth-order valence-corrected chi connectivity index (χ4v) is 2.19. The van der Waals surface area contributed by atoms with E-state index in [-0.39, 0.29) is 6.54 Å². The molecule has 104 valence electrons. The maximum atomic E-state index is 10.1. The Morgan fingerprint density at radius 3 is 2.79 bits per heavy atom. The molecule has 0 aliphatic carbocycles. The smallest absolute Gasteiger partial charge is 0.121 e. The van der Waals surface area contributed by atoms with Gasteiger partial charge in [0.05, 0.1) is 23.7 Å². The molecule has 5 nitrogen and oxygen atoms in total. The van der Waals surface area contributed by atoms with E-state index in [4.69, 9.17) is 10.5 Å². The number of imidazole rings is 1. The number of aryl methyl sites for hydroxylation is 1. The van der Waals surface area contributed by atoms with Crippen LogP contribution >= 0.6 is 0 Å². The average molecular weight is 263 g/mol. The predicted molar refractivity (Wildman–Crippen MR) is 75.3 cm³/mol. The highest BCUT2D eigenvalue weighted by atomic mass is 16.5. The molecule has 0 saturated carbocycles.